The first kappa shape index (κ1) is 5.26. The summed E-state index contributed by atoms with van der Waals surface area (Å²) in [4.78, 5) is 0. The van der Waals surface area contributed by atoms with Crippen LogP contribution in [0.4, 0.5) is 0 Å². The molecule has 0 aromatic heterocycles. The molecule has 0 spiro atoms. The summed E-state index contributed by atoms with van der Waals surface area (Å²) in [6.45, 7) is 0. The van der Waals surface area contributed by atoms with Crippen LogP contribution in [-0.4, -0.2) is 0 Å². The topological polar surface area (TPSA) is 86.4 Å². The van der Waals surface area contributed by atoms with Gasteiger partial charge in [-0.05, 0) is 5.22 Å². The van der Waals surface area contributed by atoms with Gasteiger partial charge in [0.25, 0.3) is 0 Å². The summed E-state index contributed by atoms with van der Waals surface area (Å²) in [5, 5.41) is 22.8. The molecule has 1 aliphatic rings. The molecule has 0 aromatic carbocycles. The zero-order valence-electron chi connectivity index (χ0n) is 4.24. The van der Waals surface area contributed by atoms with E-state index in [0.717, 1.165) is 0 Å². The lowest BCUT2D eigenvalue weighted by atomic mass is 10.4. The molecule has 1 radical (unpaired) electrons. The molecule has 0 aliphatic carbocycles. The van der Waals surface area contributed by atoms with Gasteiger partial charge < -0.3 is 0 Å². The molecule has 1 rings (SSSR count). The Kier molecular flexibility index (Phi) is 1.13. The SMILES string of the molecule is N#CC1=C(C#N)N=N[N]1. The van der Waals surface area contributed by atoms with Gasteiger partial charge in [-0.1, -0.05) is 0 Å². The number of allylic oxidation sites excluding steroid dienone is 2. The Hall–Kier alpha value is -1.88. The van der Waals surface area contributed by atoms with E-state index < -0.39 is 0 Å². The largest absolute Gasteiger partial charge is 0.203 e. The maximum atomic E-state index is 8.19. The molecule has 0 fully saturated rings. The highest BCUT2D eigenvalue weighted by atomic mass is 15.5. The second-order valence-electron chi connectivity index (χ2n) is 1.21. The van der Waals surface area contributed by atoms with Crippen molar-refractivity contribution in [2.75, 3.05) is 0 Å². The molecule has 0 bridgehead atoms. The smallest absolute Gasteiger partial charge is 0.191 e. The first-order valence-corrected chi connectivity index (χ1v) is 2.04. The molecule has 41 valence electrons. The molecule has 0 saturated carbocycles. The van der Waals surface area contributed by atoms with E-state index in [4.69, 9.17) is 10.5 Å². The summed E-state index contributed by atoms with van der Waals surface area (Å²) >= 11 is 0. The van der Waals surface area contributed by atoms with Crippen molar-refractivity contribution in [2.45, 2.75) is 0 Å². The summed E-state index contributed by atoms with van der Waals surface area (Å²) < 4.78 is 0. The summed E-state index contributed by atoms with van der Waals surface area (Å²) in [5.41, 5.74) is 3.23. The molecule has 1 heterocycles. The van der Waals surface area contributed by atoms with Crippen LogP contribution in [0.2, 0.25) is 0 Å². The Labute approximate surface area is 50.9 Å². The lowest BCUT2D eigenvalue weighted by molar-refractivity contribution is 0.876. The number of rotatable bonds is 0. The fourth-order valence-corrected chi connectivity index (χ4v) is 0.357. The maximum Gasteiger partial charge on any atom is 0.203 e. The predicted octanol–water partition coefficient (Wildman–Crippen LogP) is 0.230. The Morgan fingerprint density at radius 2 is 1.78 bits per heavy atom. The van der Waals surface area contributed by atoms with Crippen LogP contribution in [-0.2, 0) is 0 Å². The number of nitriles is 2. The average molecular weight is 118 g/mol. The van der Waals surface area contributed by atoms with Crippen LogP contribution in [0, 0.1) is 22.7 Å². The van der Waals surface area contributed by atoms with E-state index in [1.807, 2.05) is 0 Å². The van der Waals surface area contributed by atoms with E-state index >= 15 is 0 Å². The van der Waals surface area contributed by atoms with Gasteiger partial charge in [0.2, 0.25) is 11.4 Å². The van der Waals surface area contributed by atoms with Gasteiger partial charge in [-0.25, -0.2) is 0 Å². The molecule has 1 aliphatic heterocycles. The third-order valence-corrected chi connectivity index (χ3v) is 0.726. The minimum absolute atomic E-state index is 0.0162. The Balaban J connectivity index is 3.00. The van der Waals surface area contributed by atoms with Gasteiger partial charge in [0.05, 0.1) is 0 Å². The molecule has 0 aromatic rings. The Bertz CT molecular complexity index is 260. The van der Waals surface area contributed by atoms with E-state index in [-0.39, 0.29) is 11.4 Å². The highest BCUT2D eigenvalue weighted by Crippen LogP contribution is 2.08. The molecule has 0 amide bonds. The van der Waals surface area contributed by atoms with E-state index in [1.54, 1.807) is 12.1 Å². The predicted molar refractivity (Wildman–Crippen MR) is 25.2 cm³/mol. The van der Waals surface area contributed by atoms with Crippen LogP contribution in [0.3, 0.4) is 0 Å². The lowest BCUT2D eigenvalue weighted by Gasteiger charge is -1.75. The molecule has 9 heavy (non-hydrogen) atoms. The minimum atomic E-state index is -0.0162. The van der Waals surface area contributed by atoms with Crippen LogP contribution >= 0.6 is 0 Å². The normalized spacial score (nSPS) is 14.4. The molecule has 5 nitrogen and oxygen atoms in total. The van der Waals surface area contributed by atoms with Gasteiger partial charge >= 0.3 is 0 Å². The van der Waals surface area contributed by atoms with Crippen molar-refractivity contribution < 1.29 is 0 Å². The quantitative estimate of drug-likeness (QED) is 0.455. The molecule has 0 saturated heterocycles. The van der Waals surface area contributed by atoms with Gasteiger partial charge in [0.1, 0.15) is 12.1 Å². The van der Waals surface area contributed by atoms with E-state index in [0.29, 0.717) is 0 Å². The van der Waals surface area contributed by atoms with Crippen molar-refractivity contribution >= 4 is 0 Å². The second-order valence-corrected chi connectivity index (χ2v) is 1.21. The number of nitrogens with zero attached hydrogens (tertiary/aromatic N) is 5. The standard InChI is InChI=1S/C4N5/c5-1-3-4(2-6)8-9-7-3. The van der Waals surface area contributed by atoms with Gasteiger partial charge in [0.15, 0.2) is 0 Å². The third-order valence-electron chi connectivity index (χ3n) is 0.726. The van der Waals surface area contributed by atoms with Gasteiger partial charge in [-0.2, -0.15) is 10.5 Å². The fourth-order valence-electron chi connectivity index (χ4n) is 0.357. The number of hydrogen-bond acceptors (Lipinski definition) is 4. The summed E-state index contributed by atoms with van der Waals surface area (Å²) in [5.74, 6) is 0. The van der Waals surface area contributed by atoms with Crippen LogP contribution in [0.15, 0.2) is 21.7 Å². The zero-order chi connectivity index (χ0) is 6.69. The summed E-state index contributed by atoms with van der Waals surface area (Å²) in [6.07, 6.45) is 0. The van der Waals surface area contributed by atoms with Gasteiger partial charge in [0, 0.05) is 0 Å². The van der Waals surface area contributed by atoms with Crippen molar-refractivity contribution in [3.05, 3.63) is 11.4 Å². The van der Waals surface area contributed by atoms with E-state index in [1.165, 1.54) is 0 Å². The molecule has 0 atom stereocenters. The van der Waals surface area contributed by atoms with Crippen molar-refractivity contribution in [2.24, 2.45) is 10.3 Å². The highest BCUT2D eigenvalue weighted by Gasteiger charge is 2.11. The van der Waals surface area contributed by atoms with Crippen molar-refractivity contribution in [3.63, 3.8) is 0 Å². The Morgan fingerprint density at radius 1 is 1.11 bits per heavy atom. The highest BCUT2D eigenvalue weighted by molar-refractivity contribution is 5.35. The zero-order valence-corrected chi connectivity index (χ0v) is 4.24. The molecule has 5 heteroatoms. The van der Waals surface area contributed by atoms with E-state index in [2.05, 4.69) is 15.8 Å². The maximum absolute atomic E-state index is 8.19. The molecular formula is C4N5. The monoisotopic (exact) mass is 118 g/mol. The molecular weight excluding hydrogens is 118 g/mol. The van der Waals surface area contributed by atoms with Crippen LogP contribution in [0.1, 0.15) is 0 Å². The van der Waals surface area contributed by atoms with Crippen molar-refractivity contribution in [3.8, 4) is 12.1 Å². The summed E-state index contributed by atoms with van der Waals surface area (Å²) in [6, 6.07) is 3.34. The van der Waals surface area contributed by atoms with Crippen LogP contribution in [0.5, 0.6) is 0 Å². The number of hydrogen-bond donors (Lipinski definition) is 0. The summed E-state index contributed by atoms with van der Waals surface area (Å²) in [7, 11) is 0. The average Bonchev–Trinajstić information content (AvgIpc) is 2.33. The van der Waals surface area contributed by atoms with Crippen molar-refractivity contribution in [1.82, 2.24) is 5.43 Å². The van der Waals surface area contributed by atoms with Gasteiger partial charge in [-0.3, -0.25) is 0 Å². The van der Waals surface area contributed by atoms with Gasteiger partial charge in [-0.15, -0.1) is 10.5 Å². The third kappa shape index (κ3) is 0.707. The molecule has 0 unspecified atom stereocenters. The van der Waals surface area contributed by atoms with Crippen LogP contribution in [0.25, 0.3) is 0 Å². The fraction of sp³-hybridized carbons (Fsp3) is 0. The minimum Gasteiger partial charge on any atom is -0.191 e. The van der Waals surface area contributed by atoms with Crippen LogP contribution < -0.4 is 5.43 Å². The molecule has 0 N–H and O–H groups in total. The second kappa shape index (κ2) is 1.93. The first-order valence-electron chi connectivity index (χ1n) is 2.04. The van der Waals surface area contributed by atoms with E-state index in [9.17, 15) is 0 Å². The Morgan fingerprint density at radius 3 is 2.22 bits per heavy atom. The van der Waals surface area contributed by atoms with Crippen molar-refractivity contribution in [1.29, 1.82) is 10.5 Å². The first-order chi connectivity index (χ1) is 4.38. The lowest BCUT2D eigenvalue weighted by Crippen LogP contribution is -1.88.